The largest absolute Gasteiger partial charge is 0.345 e. The first-order valence-electron chi connectivity index (χ1n) is 13.4. The molecule has 4 heterocycles. The number of carbonyl (C=O) groups is 2. The van der Waals surface area contributed by atoms with Crippen molar-refractivity contribution in [2.24, 2.45) is 5.92 Å². The zero-order chi connectivity index (χ0) is 25.1. The molecule has 1 aromatic carbocycles. The van der Waals surface area contributed by atoms with Crippen molar-refractivity contribution in [2.75, 3.05) is 45.1 Å². The van der Waals surface area contributed by atoms with Gasteiger partial charge in [0.15, 0.2) is 0 Å². The molecule has 1 aromatic heterocycles. The molecule has 3 aliphatic heterocycles. The SMILES string of the molecule is C[C@@H]1Cc2cnc(NCC(=O)N3CCCCC3)nc2CN1C(=O)[C@H]1CCN(C)C[C@@H]1c1ccccc1. The quantitative estimate of drug-likeness (QED) is 0.694. The van der Waals surface area contributed by atoms with Gasteiger partial charge in [0, 0.05) is 43.7 Å². The minimum atomic E-state index is -0.0332. The van der Waals surface area contributed by atoms with E-state index in [0.717, 1.165) is 63.1 Å². The summed E-state index contributed by atoms with van der Waals surface area (Å²) < 4.78 is 0. The molecule has 36 heavy (non-hydrogen) atoms. The van der Waals surface area contributed by atoms with Crippen LogP contribution in [0, 0.1) is 5.92 Å². The molecule has 0 aliphatic carbocycles. The van der Waals surface area contributed by atoms with Crippen molar-refractivity contribution >= 4 is 17.8 Å². The van der Waals surface area contributed by atoms with Gasteiger partial charge in [0.2, 0.25) is 17.8 Å². The highest BCUT2D eigenvalue weighted by atomic mass is 16.2. The van der Waals surface area contributed by atoms with E-state index < -0.39 is 0 Å². The van der Waals surface area contributed by atoms with E-state index in [4.69, 9.17) is 4.98 Å². The Hall–Kier alpha value is -3.00. The molecule has 0 spiro atoms. The molecule has 192 valence electrons. The molecule has 2 amide bonds. The number of likely N-dealkylation sites (tertiary alicyclic amines) is 2. The maximum absolute atomic E-state index is 13.9. The standard InChI is InChI=1S/C28H38N6O2/c1-20-15-22-16-29-28(30-17-26(35)33-12-7-4-8-13-33)31-25(22)19-34(20)27(36)23-11-14-32(2)18-24(23)21-9-5-3-6-10-21/h3,5-6,9-10,16,20,23-24H,4,7-8,11-15,17-19H2,1-2H3,(H,29,30,31)/t20-,23+,24-/m1/s1. The van der Waals surface area contributed by atoms with E-state index in [1.165, 1.54) is 12.0 Å². The van der Waals surface area contributed by atoms with E-state index in [2.05, 4.69) is 53.4 Å². The van der Waals surface area contributed by atoms with E-state index in [1.807, 2.05) is 22.1 Å². The van der Waals surface area contributed by atoms with Crippen molar-refractivity contribution in [3.63, 3.8) is 0 Å². The number of nitrogens with zero attached hydrogens (tertiary/aromatic N) is 5. The summed E-state index contributed by atoms with van der Waals surface area (Å²) in [6.07, 6.45) is 6.81. The molecule has 2 aromatic rings. The Labute approximate surface area is 214 Å². The number of aromatic nitrogens is 2. The monoisotopic (exact) mass is 490 g/mol. The summed E-state index contributed by atoms with van der Waals surface area (Å²) in [4.78, 5) is 41.9. The lowest BCUT2D eigenvalue weighted by Crippen LogP contribution is -2.50. The molecule has 0 saturated carbocycles. The number of piperidine rings is 2. The number of amides is 2. The predicted molar refractivity (Wildman–Crippen MR) is 139 cm³/mol. The summed E-state index contributed by atoms with van der Waals surface area (Å²) in [5.74, 6) is 0.936. The first kappa shape index (κ1) is 24.7. The first-order valence-corrected chi connectivity index (χ1v) is 13.4. The minimum absolute atomic E-state index is 0.0332. The number of carbonyl (C=O) groups excluding carboxylic acids is 2. The van der Waals surface area contributed by atoms with Gasteiger partial charge >= 0.3 is 0 Å². The van der Waals surface area contributed by atoms with Crippen LogP contribution in [0.25, 0.3) is 0 Å². The second kappa shape index (κ2) is 10.9. The summed E-state index contributed by atoms with van der Waals surface area (Å²) in [6, 6.07) is 10.6. The molecule has 0 bridgehead atoms. The van der Waals surface area contributed by atoms with E-state index in [0.29, 0.717) is 12.5 Å². The van der Waals surface area contributed by atoms with Crippen LogP contribution in [-0.4, -0.2) is 82.3 Å². The van der Waals surface area contributed by atoms with Gasteiger partial charge in [-0.25, -0.2) is 9.97 Å². The van der Waals surface area contributed by atoms with E-state index >= 15 is 0 Å². The number of nitrogens with one attached hydrogen (secondary N) is 1. The van der Waals surface area contributed by atoms with E-state index in [9.17, 15) is 9.59 Å². The van der Waals surface area contributed by atoms with Crippen LogP contribution in [0.2, 0.25) is 0 Å². The molecule has 3 aliphatic rings. The molecular weight excluding hydrogens is 452 g/mol. The van der Waals surface area contributed by atoms with Gasteiger partial charge in [-0.3, -0.25) is 9.59 Å². The van der Waals surface area contributed by atoms with E-state index in [-0.39, 0.29) is 36.2 Å². The highest BCUT2D eigenvalue weighted by molar-refractivity contribution is 5.81. The lowest BCUT2D eigenvalue weighted by molar-refractivity contribution is -0.141. The Morgan fingerprint density at radius 2 is 1.86 bits per heavy atom. The third-order valence-corrected chi connectivity index (χ3v) is 8.07. The number of hydrogen-bond acceptors (Lipinski definition) is 6. The van der Waals surface area contributed by atoms with Crippen molar-refractivity contribution in [1.82, 2.24) is 24.7 Å². The second-order valence-electron chi connectivity index (χ2n) is 10.7. The van der Waals surface area contributed by atoms with Crippen LogP contribution in [0.15, 0.2) is 36.5 Å². The fourth-order valence-corrected chi connectivity index (χ4v) is 5.95. The van der Waals surface area contributed by atoms with Gasteiger partial charge in [0.05, 0.1) is 18.8 Å². The van der Waals surface area contributed by atoms with Crippen LogP contribution in [-0.2, 0) is 22.6 Å². The number of rotatable bonds is 5. The minimum Gasteiger partial charge on any atom is -0.345 e. The zero-order valence-electron chi connectivity index (χ0n) is 21.5. The third-order valence-electron chi connectivity index (χ3n) is 8.07. The van der Waals surface area contributed by atoms with Crippen molar-refractivity contribution in [3.05, 3.63) is 53.3 Å². The lowest BCUT2D eigenvalue weighted by atomic mass is 9.79. The zero-order valence-corrected chi connectivity index (χ0v) is 21.5. The van der Waals surface area contributed by atoms with Crippen LogP contribution < -0.4 is 5.32 Å². The molecule has 0 unspecified atom stereocenters. The molecule has 2 fully saturated rings. The van der Waals surface area contributed by atoms with Crippen molar-refractivity contribution in [1.29, 1.82) is 0 Å². The van der Waals surface area contributed by atoms with Gasteiger partial charge in [-0.1, -0.05) is 30.3 Å². The van der Waals surface area contributed by atoms with Gasteiger partial charge in [0.25, 0.3) is 0 Å². The van der Waals surface area contributed by atoms with Crippen LogP contribution >= 0.6 is 0 Å². The highest BCUT2D eigenvalue weighted by Crippen LogP contribution is 2.35. The third kappa shape index (κ3) is 5.38. The maximum Gasteiger partial charge on any atom is 0.241 e. The summed E-state index contributed by atoms with van der Waals surface area (Å²) in [5, 5.41) is 3.12. The Morgan fingerprint density at radius 1 is 1.08 bits per heavy atom. The molecular formula is C28H38N6O2. The van der Waals surface area contributed by atoms with Gasteiger partial charge in [-0.2, -0.15) is 0 Å². The lowest BCUT2D eigenvalue weighted by Gasteiger charge is -2.42. The average molecular weight is 491 g/mol. The summed E-state index contributed by atoms with van der Waals surface area (Å²) in [7, 11) is 2.14. The summed E-state index contributed by atoms with van der Waals surface area (Å²) in [6.45, 7) is 6.30. The Kier molecular flexibility index (Phi) is 7.51. The number of fused-ring (bicyclic) bond motifs is 1. The smallest absolute Gasteiger partial charge is 0.241 e. The average Bonchev–Trinajstić information content (AvgIpc) is 2.92. The summed E-state index contributed by atoms with van der Waals surface area (Å²) in [5.41, 5.74) is 3.20. The predicted octanol–water partition coefficient (Wildman–Crippen LogP) is 2.91. The Balaban J connectivity index is 1.28. The first-order chi connectivity index (χ1) is 17.5. The van der Waals surface area contributed by atoms with Gasteiger partial charge < -0.3 is 20.0 Å². The van der Waals surface area contributed by atoms with Crippen LogP contribution in [0.3, 0.4) is 0 Å². The number of hydrogen-bond donors (Lipinski definition) is 1. The normalized spacial score (nSPS) is 24.8. The fraction of sp³-hybridized carbons (Fsp3) is 0.571. The van der Waals surface area contributed by atoms with Crippen molar-refractivity contribution in [3.8, 4) is 0 Å². The van der Waals surface area contributed by atoms with Gasteiger partial charge in [-0.15, -0.1) is 0 Å². The number of benzene rings is 1. The van der Waals surface area contributed by atoms with Crippen molar-refractivity contribution < 1.29 is 9.59 Å². The number of anilines is 1. The number of likely N-dealkylation sites (N-methyl/N-ethyl adjacent to an activating group) is 1. The maximum atomic E-state index is 13.9. The molecule has 2 saturated heterocycles. The Morgan fingerprint density at radius 3 is 2.64 bits per heavy atom. The topological polar surface area (TPSA) is 81.7 Å². The molecule has 5 rings (SSSR count). The molecule has 1 N–H and O–H groups in total. The van der Waals surface area contributed by atoms with Crippen LogP contribution in [0.1, 0.15) is 55.3 Å². The molecule has 3 atom stereocenters. The molecule has 0 radical (unpaired) electrons. The molecule has 8 heteroatoms. The summed E-state index contributed by atoms with van der Waals surface area (Å²) >= 11 is 0. The molecule has 8 nitrogen and oxygen atoms in total. The fourth-order valence-electron chi connectivity index (χ4n) is 5.95. The van der Waals surface area contributed by atoms with Gasteiger partial charge in [-0.05, 0) is 63.7 Å². The second-order valence-corrected chi connectivity index (χ2v) is 10.7. The van der Waals surface area contributed by atoms with Crippen LogP contribution in [0.4, 0.5) is 5.95 Å². The van der Waals surface area contributed by atoms with Crippen molar-refractivity contribution in [2.45, 2.75) is 57.5 Å². The van der Waals surface area contributed by atoms with Gasteiger partial charge in [0.1, 0.15) is 0 Å². The van der Waals surface area contributed by atoms with Crippen LogP contribution in [0.5, 0.6) is 0 Å². The Bertz CT molecular complexity index is 1070. The highest BCUT2D eigenvalue weighted by Gasteiger charge is 2.39. The van der Waals surface area contributed by atoms with E-state index in [1.54, 1.807) is 0 Å².